The molecule has 1 rings (SSSR count). The normalized spacial score (nSPS) is 26.0. The highest BCUT2D eigenvalue weighted by Gasteiger charge is 2.39. The van der Waals surface area contributed by atoms with E-state index in [2.05, 4.69) is 38.0 Å². The zero-order chi connectivity index (χ0) is 11.3. The predicted molar refractivity (Wildman–Crippen MR) is 67.2 cm³/mol. The molecule has 0 amide bonds. The van der Waals surface area contributed by atoms with E-state index < -0.39 is 0 Å². The summed E-state index contributed by atoms with van der Waals surface area (Å²) in [5, 5.41) is 3.33. The highest BCUT2D eigenvalue weighted by Crippen LogP contribution is 2.34. The van der Waals surface area contributed by atoms with E-state index in [1.54, 1.807) is 0 Å². The minimum absolute atomic E-state index is 0.400. The molecule has 0 radical (unpaired) electrons. The van der Waals surface area contributed by atoms with Gasteiger partial charge < -0.3 is 5.32 Å². The fraction of sp³-hybridized carbons (Fsp3) is 1.00. The summed E-state index contributed by atoms with van der Waals surface area (Å²) in [5.74, 6) is 0.823. The van der Waals surface area contributed by atoms with Gasteiger partial charge in [-0.15, -0.1) is 0 Å². The highest BCUT2D eigenvalue weighted by molar-refractivity contribution is 4.95. The average Bonchev–Trinajstić information content (AvgIpc) is 2.46. The van der Waals surface area contributed by atoms with Gasteiger partial charge in [0, 0.05) is 5.54 Å². The first kappa shape index (κ1) is 13.0. The van der Waals surface area contributed by atoms with Crippen molar-refractivity contribution in [3.63, 3.8) is 0 Å². The lowest BCUT2D eigenvalue weighted by Crippen LogP contribution is -2.45. The van der Waals surface area contributed by atoms with Gasteiger partial charge >= 0.3 is 0 Å². The number of hydrogen-bond acceptors (Lipinski definition) is 2. The second-order valence-electron chi connectivity index (χ2n) is 5.39. The van der Waals surface area contributed by atoms with Crippen LogP contribution in [0.15, 0.2) is 0 Å². The van der Waals surface area contributed by atoms with Crippen LogP contribution in [0.4, 0.5) is 0 Å². The maximum Gasteiger partial charge on any atom is 0.0193 e. The summed E-state index contributed by atoms with van der Waals surface area (Å²) in [6, 6.07) is 0. The average molecular weight is 212 g/mol. The minimum atomic E-state index is 0.400. The molecule has 0 spiro atoms. The van der Waals surface area contributed by atoms with E-state index in [0.717, 1.165) is 12.5 Å². The SMILES string of the molecule is CCCCCN1CCC(CNC)C1(C)C. The molecular formula is C13H28N2. The lowest BCUT2D eigenvalue weighted by molar-refractivity contribution is 0.135. The molecule has 2 nitrogen and oxygen atoms in total. The lowest BCUT2D eigenvalue weighted by atomic mass is 9.88. The summed E-state index contributed by atoms with van der Waals surface area (Å²) < 4.78 is 0. The summed E-state index contributed by atoms with van der Waals surface area (Å²) in [6.45, 7) is 10.8. The third-order valence-electron chi connectivity index (χ3n) is 4.04. The number of rotatable bonds is 6. The largest absolute Gasteiger partial charge is 0.319 e. The van der Waals surface area contributed by atoms with Gasteiger partial charge in [-0.05, 0) is 59.3 Å². The van der Waals surface area contributed by atoms with Gasteiger partial charge in [0.25, 0.3) is 0 Å². The van der Waals surface area contributed by atoms with Gasteiger partial charge in [-0.25, -0.2) is 0 Å². The quantitative estimate of drug-likeness (QED) is 0.681. The van der Waals surface area contributed by atoms with Gasteiger partial charge in [0.1, 0.15) is 0 Å². The molecule has 0 saturated carbocycles. The van der Waals surface area contributed by atoms with Crippen molar-refractivity contribution in [2.45, 2.75) is 52.0 Å². The molecule has 0 aromatic carbocycles. The van der Waals surface area contributed by atoms with Crippen LogP contribution in [-0.2, 0) is 0 Å². The molecule has 2 heteroatoms. The van der Waals surface area contributed by atoms with E-state index in [4.69, 9.17) is 0 Å². The van der Waals surface area contributed by atoms with Gasteiger partial charge in [-0.2, -0.15) is 0 Å². The maximum atomic E-state index is 3.33. The van der Waals surface area contributed by atoms with Gasteiger partial charge in [0.05, 0.1) is 0 Å². The Morgan fingerprint density at radius 3 is 2.67 bits per heavy atom. The summed E-state index contributed by atoms with van der Waals surface area (Å²) >= 11 is 0. The van der Waals surface area contributed by atoms with Crippen molar-refractivity contribution in [3.8, 4) is 0 Å². The Labute approximate surface area is 95.4 Å². The first-order valence-corrected chi connectivity index (χ1v) is 6.52. The zero-order valence-corrected chi connectivity index (χ0v) is 11.0. The Bertz CT molecular complexity index is 177. The number of hydrogen-bond donors (Lipinski definition) is 1. The fourth-order valence-corrected chi connectivity index (χ4v) is 2.76. The molecule has 0 aromatic rings. The van der Waals surface area contributed by atoms with E-state index in [1.165, 1.54) is 38.8 Å². The van der Waals surface area contributed by atoms with E-state index in [9.17, 15) is 0 Å². The van der Waals surface area contributed by atoms with E-state index >= 15 is 0 Å². The van der Waals surface area contributed by atoms with Crippen molar-refractivity contribution >= 4 is 0 Å². The van der Waals surface area contributed by atoms with Gasteiger partial charge in [-0.3, -0.25) is 4.90 Å². The zero-order valence-electron chi connectivity index (χ0n) is 11.0. The van der Waals surface area contributed by atoms with Crippen molar-refractivity contribution in [2.75, 3.05) is 26.7 Å². The van der Waals surface area contributed by atoms with Crippen LogP contribution in [-0.4, -0.2) is 37.1 Å². The molecule has 1 saturated heterocycles. The van der Waals surface area contributed by atoms with Crippen LogP contribution < -0.4 is 5.32 Å². The van der Waals surface area contributed by atoms with Crippen LogP contribution in [0.25, 0.3) is 0 Å². The standard InChI is InChI=1S/C13H28N2/c1-5-6-7-9-15-10-8-12(11-14-4)13(15,2)3/h12,14H,5-11H2,1-4H3. The van der Waals surface area contributed by atoms with Crippen molar-refractivity contribution in [1.29, 1.82) is 0 Å². The molecule has 0 bridgehead atoms. The van der Waals surface area contributed by atoms with E-state index in [1.807, 2.05) is 0 Å². The molecular weight excluding hydrogens is 184 g/mol. The molecule has 1 N–H and O–H groups in total. The monoisotopic (exact) mass is 212 g/mol. The van der Waals surface area contributed by atoms with E-state index in [-0.39, 0.29) is 0 Å². The molecule has 1 aliphatic rings. The molecule has 1 fully saturated rings. The minimum Gasteiger partial charge on any atom is -0.319 e. The third kappa shape index (κ3) is 3.18. The molecule has 0 aliphatic carbocycles. The van der Waals surface area contributed by atoms with Crippen LogP contribution in [0.3, 0.4) is 0 Å². The second kappa shape index (κ2) is 5.86. The topological polar surface area (TPSA) is 15.3 Å². The summed E-state index contributed by atoms with van der Waals surface area (Å²) in [7, 11) is 2.07. The molecule has 15 heavy (non-hydrogen) atoms. The Hall–Kier alpha value is -0.0800. The molecule has 1 heterocycles. The van der Waals surface area contributed by atoms with Crippen LogP contribution in [0.1, 0.15) is 46.5 Å². The van der Waals surface area contributed by atoms with Crippen molar-refractivity contribution in [1.82, 2.24) is 10.2 Å². The van der Waals surface area contributed by atoms with Crippen molar-refractivity contribution < 1.29 is 0 Å². The maximum absolute atomic E-state index is 3.33. The van der Waals surface area contributed by atoms with Crippen LogP contribution >= 0.6 is 0 Å². The third-order valence-corrected chi connectivity index (χ3v) is 4.04. The predicted octanol–water partition coefficient (Wildman–Crippen LogP) is 2.50. The summed E-state index contributed by atoms with van der Waals surface area (Å²) in [4.78, 5) is 2.69. The lowest BCUT2D eigenvalue weighted by Gasteiger charge is -2.36. The van der Waals surface area contributed by atoms with Crippen molar-refractivity contribution in [2.24, 2.45) is 5.92 Å². The van der Waals surface area contributed by atoms with Crippen LogP contribution in [0, 0.1) is 5.92 Å². The molecule has 1 aliphatic heterocycles. The summed E-state index contributed by atoms with van der Waals surface area (Å²) in [5.41, 5.74) is 0.400. The summed E-state index contributed by atoms with van der Waals surface area (Å²) in [6.07, 6.45) is 5.43. The Kier molecular flexibility index (Phi) is 5.07. The number of likely N-dealkylation sites (tertiary alicyclic amines) is 1. The molecule has 90 valence electrons. The fourth-order valence-electron chi connectivity index (χ4n) is 2.76. The number of nitrogens with one attached hydrogen (secondary N) is 1. The number of nitrogens with zero attached hydrogens (tertiary/aromatic N) is 1. The highest BCUT2D eigenvalue weighted by atomic mass is 15.2. The van der Waals surface area contributed by atoms with E-state index in [0.29, 0.717) is 5.54 Å². The molecule has 0 aromatic heterocycles. The first-order chi connectivity index (χ1) is 7.12. The van der Waals surface area contributed by atoms with Crippen LogP contribution in [0.2, 0.25) is 0 Å². The first-order valence-electron chi connectivity index (χ1n) is 6.52. The Morgan fingerprint density at radius 1 is 1.33 bits per heavy atom. The number of unbranched alkanes of at least 4 members (excludes halogenated alkanes) is 2. The van der Waals surface area contributed by atoms with Gasteiger partial charge in [0.2, 0.25) is 0 Å². The molecule has 1 unspecified atom stereocenters. The smallest absolute Gasteiger partial charge is 0.0193 e. The molecule has 1 atom stereocenters. The second-order valence-corrected chi connectivity index (χ2v) is 5.39. The Balaban J connectivity index is 2.40. The Morgan fingerprint density at radius 2 is 2.07 bits per heavy atom. The van der Waals surface area contributed by atoms with Gasteiger partial charge in [-0.1, -0.05) is 19.8 Å². The van der Waals surface area contributed by atoms with Gasteiger partial charge in [0.15, 0.2) is 0 Å². The van der Waals surface area contributed by atoms with Crippen LogP contribution in [0.5, 0.6) is 0 Å². The van der Waals surface area contributed by atoms with Crippen molar-refractivity contribution in [3.05, 3.63) is 0 Å².